The third-order valence-corrected chi connectivity index (χ3v) is 5.54. The fourth-order valence-corrected chi connectivity index (χ4v) is 4.34. The lowest BCUT2D eigenvalue weighted by atomic mass is 9.95. The summed E-state index contributed by atoms with van der Waals surface area (Å²) >= 11 is 1.25. The molecule has 1 unspecified atom stereocenters. The molecule has 1 aliphatic heterocycles. The number of thiazole rings is 1. The minimum atomic E-state index is -0.941. The van der Waals surface area contributed by atoms with Crippen LogP contribution in [0.2, 0.25) is 0 Å². The van der Waals surface area contributed by atoms with Gasteiger partial charge in [-0.3, -0.25) is 0 Å². The first-order valence-electron chi connectivity index (χ1n) is 8.00. The molecule has 2 aromatic carbocycles. The normalized spacial score (nSPS) is 18.1. The zero-order chi connectivity index (χ0) is 17.6. The van der Waals surface area contributed by atoms with E-state index < -0.39 is 23.3 Å². The Kier molecular flexibility index (Phi) is 4.11. The molecule has 2 nitrogen and oxygen atoms in total. The molecule has 0 amide bonds. The van der Waals surface area contributed by atoms with Gasteiger partial charge in [0.2, 0.25) is 0 Å². The highest BCUT2D eigenvalue weighted by atomic mass is 32.1. The van der Waals surface area contributed by atoms with Crippen LogP contribution in [-0.2, 0) is 0 Å². The molecule has 1 aromatic heterocycles. The number of halogens is 4. The molecule has 0 aliphatic carbocycles. The van der Waals surface area contributed by atoms with E-state index in [4.69, 9.17) is 0 Å². The maximum absolute atomic E-state index is 14.3. The highest BCUT2D eigenvalue weighted by Crippen LogP contribution is 2.39. The average molecular weight is 366 g/mol. The Morgan fingerprint density at radius 2 is 1.76 bits per heavy atom. The van der Waals surface area contributed by atoms with Crippen molar-refractivity contribution in [2.75, 3.05) is 11.4 Å². The van der Waals surface area contributed by atoms with E-state index in [1.165, 1.54) is 23.5 Å². The van der Waals surface area contributed by atoms with Gasteiger partial charge in [-0.1, -0.05) is 17.4 Å². The minimum absolute atomic E-state index is 0.274. The van der Waals surface area contributed by atoms with Gasteiger partial charge >= 0.3 is 0 Å². The summed E-state index contributed by atoms with van der Waals surface area (Å²) in [4.78, 5) is 6.35. The molecule has 7 heteroatoms. The number of fused-ring (bicyclic) bond motifs is 1. The number of aromatic nitrogens is 1. The SMILES string of the molecule is Fc1ccc(C2CCCCN2c2nc3cc(F)c(F)cc3s2)c(F)c1. The van der Waals surface area contributed by atoms with Gasteiger partial charge in [-0.05, 0) is 31.4 Å². The Bertz CT molecular complexity index is 901. The summed E-state index contributed by atoms with van der Waals surface area (Å²) in [7, 11) is 0. The van der Waals surface area contributed by atoms with Crippen molar-refractivity contribution in [3.63, 3.8) is 0 Å². The van der Waals surface area contributed by atoms with E-state index in [2.05, 4.69) is 4.98 Å². The van der Waals surface area contributed by atoms with Gasteiger partial charge in [0, 0.05) is 24.2 Å². The Balaban J connectivity index is 1.76. The van der Waals surface area contributed by atoms with E-state index >= 15 is 0 Å². The van der Waals surface area contributed by atoms with Crippen LogP contribution in [0, 0.1) is 23.3 Å². The molecule has 0 spiro atoms. The van der Waals surface area contributed by atoms with Gasteiger partial charge < -0.3 is 4.90 Å². The molecule has 1 saturated heterocycles. The predicted octanol–water partition coefficient (Wildman–Crippen LogP) is 5.58. The number of nitrogens with zero attached hydrogens (tertiary/aromatic N) is 2. The van der Waals surface area contributed by atoms with Crippen LogP contribution < -0.4 is 4.90 Å². The minimum Gasteiger partial charge on any atom is -0.341 e. The molecule has 0 saturated carbocycles. The molecule has 0 N–H and O–H groups in total. The van der Waals surface area contributed by atoms with Crippen LogP contribution in [0.5, 0.6) is 0 Å². The third kappa shape index (κ3) is 2.97. The maximum atomic E-state index is 14.3. The van der Waals surface area contributed by atoms with E-state index in [0.29, 0.717) is 33.9 Å². The average Bonchev–Trinajstić information content (AvgIpc) is 2.98. The summed E-state index contributed by atoms with van der Waals surface area (Å²) in [5.41, 5.74) is 0.792. The van der Waals surface area contributed by atoms with E-state index in [0.717, 1.165) is 31.0 Å². The van der Waals surface area contributed by atoms with Gasteiger partial charge in [0.25, 0.3) is 0 Å². The summed E-state index contributed by atoms with van der Waals surface area (Å²) in [5.74, 6) is -3.06. The quantitative estimate of drug-likeness (QED) is 0.550. The Morgan fingerprint density at radius 1 is 0.960 bits per heavy atom. The van der Waals surface area contributed by atoms with Gasteiger partial charge in [-0.2, -0.15) is 0 Å². The molecule has 1 fully saturated rings. The first kappa shape index (κ1) is 16.3. The molecule has 2 heterocycles. The summed E-state index contributed by atoms with van der Waals surface area (Å²) in [6.45, 7) is 0.659. The van der Waals surface area contributed by atoms with Gasteiger partial charge in [0.1, 0.15) is 11.6 Å². The Hall–Kier alpha value is -2.15. The third-order valence-electron chi connectivity index (χ3n) is 4.49. The number of anilines is 1. The van der Waals surface area contributed by atoms with Crippen LogP contribution in [0.25, 0.3) is 10.2 Å². The Labute approximate surface area is 145 Å². The smallest absolute Gasteiger partial charge is 0.186 e. The summed E-state index contributed by atoms with van der Waals surface area (Å²) < 4.78 is 54.9. The van der Waals surface area contributed by atoms with Crippen LogP contribution in [0.3, 0.4) is 0 Å². The lowest BCUT2D eigenvalue weighted by molar-refractivity contribution is 0.452. The van der Waals surface area contributed by atoms with E-state index in [-0.39, 0.29) is 6.04 Å². The monoisotopic (exact) mass is 366 g/mol. The topological polar surface area (TPSA) is 16.1 Å². The van der Waals surface area contributed by atoms with E-state index in [9.17, 15) is 17.6 Å². The second-order valence-electron chi connectivity index (χ2n) is 6.10. The molecule has 0 bridgehead atoms. The van der Waals surface area contributed by atoms with E-state index in [1.54, 1.807) is 0 Å². The molecular formula is C18H14F4N2S. The van der Waals surface area contributed by atoms with Crippen LogP contribution in [0.1, 0.15) is 30.9 Å². The summed E-state index contributed by atoms with van der Waals surface area (Å²) in [6, 6.07) is 5.51. The van der Waals surface area contributed by atoms with Crippen molar-refractivity contribution in [2.45, 2.75) is 25.3 Å². The van der Waals surface area contributed by atoms with Gasteiger partial charge in [-0.25, -0.2) is 22.5 Å². The van der Waals surface area contributed by atoms with Crippen molar-refractivity contribution in [3.05, 3.63) is 59.2 Å². The van der Waals surface area contributed by atoms with Crippen molar-refractivity contribution in [2.24, 2.45) is 0 Å². The van der Waals surface area contributed by atoms with Crippen molar-refractivity contribution in [3.8, 4) is 0 Å². The maximum Gasteiger partial charge on any atom is 0.186 e. The molecule has 25 heavy (non-hydrogen) atoms. The van der Waals surface area contributed by atoms with Gasteiger partial charge in [0.15, 0.2) is 16.8 Å². The summed E-state index contributed by atoms with van der Waals surface area (Å²) in [5, 5.41) is 0.591. The molecular weight excluding hydrogens is 352 g/mol. The Morgan fingerprint density at radius 3 is 2.56 bits per heavy atom. The first-order chi connectivity index (χ1) is 12.0. The standard InChI is InChI=1S/C18H14F4N2S/c19-10-4-5-11(12(20)7-10)16-3-1-2-6-24(16)18-23-15-8-13(21)14(22)9-17(15)25-18/h4-5,7-9,16H,1-3,6H2. The van der Waals surface area contributed by atoms with Crippen molar-refractivity contribution in [1.82, 2.24) is 4.98 Å². The molecule has 3 aromatic rings. The van der Waals surface area contributed by atoms with Crippen LogP contribution >= 0.6 is 11.3 Å². The zero-order valence-electron chi connectivity index (χ0n) is 13.1. The highest BCUT2D eigenvalue weighted by molar-refractivity contribution is 7.22. The van der Waals surface area contributed by atoms with Gasteiger partial charge in [-0.15, -0.1) is 0 Å². The predicted molar refractivity (Wildman–Crippen MR) is 89.8 cm³/mol. The molecule has 0 radical (unpaired) electrons. The number of piperidine rings is 1. The van der Waals surface area contributed by atoms with Gasteiger partial charge in [0.05, 0.1) is 16.3 Å². The number of benzene rings is 2. The van der Waals surface area contributed by atoms with E-state index in [1.807, 2.05) is 4.90 Å². The second kappa shape index (κ2) is 6.29. The fourth-order valence-electron chi connectivity index (χ4n) is 3.29. The van der Waals surface area contributed by atoms with Crippen LogP contribution in [-0.4, -0.2) is 11.5 Å². The summed E-state index contributed by atoms with van der Waals surface area (Å²) in [6.07, 6.45) is 2.55. The fraction of sp³-hybridized carbons (Fsp3) is 0.278. The molecule has 1 aliphatic rings. The lowest BCUT2D eigenvalue weighted by Gasteiger charge is -2.36. The zero-order valence-corrected chi connectivity index (χ0v) is 13.9. The van der Waals surface area contributed by atoms with Crippen LogP contribution in [0.4, 0.5) is 22.7 Å². The molecule has 130 valence electrons. The van der Waals surface area contributed by atoms with Crippen molar-refractivity contribution < 1.29 is 17.6 Å². The first-order valence-corrected chi connectivity index (χ1v) is 8.82. The van der Waals surface area contributed by atoms with Crippen LogP contribution in [0.15, 0.2) is 30.3 Å². The highest BCUT2D eigenvalue weighted by Gasteiger charge is 2.29. The second-order valence-corrected chi connectivity index (χ2v) is 7.11. The lowest BCUT2D eigenvalue weighted by Crippen LogP contribution is -2.33. The van der Waals surface area contributed by atoms with Crippen molar-refractivity contribution >= 4 is 26.7 Å². The number of hydrogen-bond acceptors (Lipinski definition) is 3. The number of hydrogen-bond donors (Lipinski definition) is 0. The van der Waals surface area contributed by atoms with Crippen molar-refractivity contribution in [1.29, 1.82) is 0 Å². The largest absolute Gasteiger partial charge is 0.341 e. The number of rotatable bonds is 2. The molecule has 1 atom stereocenters. The molecule has 4 rings (SSSR count).